The maximum absolute atomic E-state index is 13.8. The van der Waals surface area contributed by atoms with Gasteiger partial charge >= 0.3 is 6.18 Å². The van der Waals surface area contributed by atoms with E-state index in [2.05, 4.69) is 37.9 Å². The number of anilines is 3. The lowest BCUT2D eigenvalue weighted by Crippen LogP contribution is -2.48. The molecule has 1 saturated carbocycles. The molecule has 0 unspecified atom stereocenters. The maximum Gasteiger partial charge on any atom is 0.421 e. The summed E-state index contributed by atoms with van der Waals surface area (Å²) in [5, 5.41) is 8.70. The minimum Gasteiger partial charge on any atom is -0.365 e. The molecule has 1 aliphatic carbocycles. The van der Waals surface area contributed by atoms with Gasteiger partial charge in [-0.1, -0.05) is 12.8 Å². The number of carbonyl (C=O) groups excluding carboxylic acids is 2. The summed E-state index contributed by atoms with van der Waals surface area (Å²) >= 11 is 0. The molecule has 0 bridgehead atoms. The van der Waals surface area contributed by atoms with Gasteiger partial charge in [0.1, 0.15) is 11.4 Å². The summed E-state index contributed by atoms with van der Waals surface area (Å²) in [4.78, 5) is 36.7. The quantitative estimate of drug-likeness (QED) is 0.476. The molecular formula is C27H36F3N7O2. The Balaban J connectivity index is 1.48. The fraction of sp³-hybridized carbons (Fsp3) is 0.556. The van der Waals surface area contributed by atoms with E-state index in [4.69, 9.17) is 0 Å². The predicted octanol–water partition coefficient (Wildman–Crippen LogP) is 4.26. The molecular weight excluding hydrogens is 511 g/mol. The molecule has 4 rings (SSSR count). The van der Waals surface area contributed by atoms with Crippen LogP contribution in [-0.4, -0.2) is 76.9 Å². The van der Waals surface area contributed by atoms with Crippen molar-refractivity contribution in [1.82, 2.24) is 25.1 Å². The lowest BCUT2D eigenvalue weighted by molar-refractivity contribution is -0.137. The standard InChI is InChI=1S/C27H36F3N7O2/c1-17(38)32-22-6-4-5-7-23(22)34-24-21(27(28,29)30)16-31-26(35-24)33-19-10-8-18(9-11-19)25(39)37(3)20-12-14-36(2)15-13-20/h8-11,16,20,22-23H,4-7,12-15H2,1-3H3,(H,32,38)(H2,31,33,34,35)/t22-,23+/m0/s1. The number of hydrogen-bond acceptors (Lipinski definition) is 7. The van der Waals surface area contributed by atoms with Crippen LogP contribution in [0, 0.1) is 0 Å². The van der Waals surface area contributed by atoms with Crippen molar-refractivity contribution in [2.45, 2.75) is 69.8 Å². The fourth-order valence-corrected chi connectivity index (χ4v) is 5.25. The van der Waals surface area contributed by atoms with Crippen LogP contribution in [0.4, 0.5) is 30.6 Å². The molecule has 0 spiro atoms. The average Bonchev–Trinajstić information content (AvgIpc) is 2.89. The SMILES string of the molecule is CC(=O)N[C@H]1CCCC[C@H]1Nc1nc(Nc2ccc(C(=O)N(C)C3CCN(C)CC3)cc2)ncc1C(F)(F)F. The zero-order valence-corrected chi connectivity index (χ0v) is 22.5. The first-order valence-electron chi connectivity index (χ1n) is 13.3. The fourth-order valence-electron chi connectivity index (χ4n) is 5.25. The monoisotopic (exact) mass is 547 g/mol. The van der Waals surface area contributed by atoms with Gasteiger partial charge in [0.15, 0.2) is 0 Å². The van der Waals surface area contributed by atoms with Crippen LogP contribution in [0.1, 0.15) is 61.4 Å². The van der Waals surface area contributed by atoms with Gasteiger partial charge in [0.05, 0.1) is 0 Å². The van der Waals surface area contributed by atoms with E-state index in [1.807, 2.05) is 7.05 Å². The number of rotatable bonds is 7. The molecule has 1 saturated heterocycles. The number of nitrogens with zero attached hydrogens (tertiary/aromatic N) is 4. The van der Waals surface area contributed by atoms with Crippen molar-refractivity contribution in [1.29, 1.82) is 0 Å². The Labute approximate surface area is 226 Å². The number of hydrogen-bond donors (Lipinski definition) is 3. The van der Waals surface area contributed by atoms with Crippen molar-refractivity contribution < 1.29 is 22.8 Å². The zero-order chi connectivity index (χ0) is 28.2. The van der Waals surface area contributed by atoms with Gasteiger partial charge in [-0.15, -0.1) is 0 Å². The van der Waals surface area contributed by atoms with Gasteiger partial charge in [-0.3, -0.25) is 9.59 Å². The molecule has 2 aromatic rings. The van der Waals surface area contributed by atoms with Gasteiger partial charge in [0.2, 0.25) is 11.9 Å². The molecule has 0 radical (unpaired) electrons. The molecule has 39 heavy (non-hydrogen) atoms. The Kier molecular flexibility index (Phi) is 8.94. The van der Waals surface area contributed by atoms with Gasteiger partial charge in [0, 0.05) is 49.5 Å². The Morgan fingerprint density at radius 2 is 1.67 bits per heavy atom. The first kappa shape index (κ1) is 28.6. The first-order chi connectivity index (χ1) is 18.5. The van der Waals surface area contributed by atoms with E-state index < -0.39 is 17.8 Å². The number of aromatic nitrogens is 2. The second-order valence-corrected chi connectivity index (χ2v) is 10.4. The van der Waals surface area contributed by atoms with Crippen LogP contribution in [-0.2, 0) is 11.0 Å². The van der Waals surface area contributed by atoms with Crippen molar-refractivity contribution in [3.63, 3.8) is 0 Å². The lowest BCUT2D eigenvalue weighted by atomic mass is 9.90. The molecule has 12 heteroatoms. The van der Waals surface area contributed by atoms with E-state index in [9.17, 15) is 22.8 Å². The number of carbonyl (C=O) groups is 2. The number of halogens is 3. The highest BCUT2D eigenvalue weighted by atomic mass is 19.4. The summed E-state index contributed by atoms with van der Waals surface area (Å²) in [6.45, 7) is 3.29. The van der Waals surface area contributed by atoms with Crippen LogP contribution in [0.3, 0.4) is 0 Å². The number of nitrogens with one attached hydrogen (secondary N) is 3. The highest BCUT2D eigenvalue weighted by Crippen LogP contribution is 2.35. The van der Waals surface area contributed by atoms with E-state index >= 15 is 0 Å². The second-order valence-electron chi connectivity index (χ2n) is 10.4. The third-order valence-corrected chi connectivity index (χ3v) is 7.52. The molecule has 1 aromatic heterocycles. The lowest BCUT2D eigenvalue weighted by Gasteiger charge is -2.35. The highest BCUT2D eigenvalue weighted by molar-refractivity contribution is 5.94. The normalized spacial score (nSPS) is 20.8. The minimum atomic E-state index is -4.65. The summed E-state index contributed by atoms with van der Waals surface area (Å²) < 4.78 is 41.3. The third-order valence-electron chi connectivity index (χ3n) is 7.52. The number of likely N-dealkylation sites (tertiary alicyclic amines) is 1. The van der Waals surface area contributed by atoms with Gasteiger partial charge in [-0.2, -0.15) is 18.2 Å². The van der Waals surface area contributed by atoms with Gasteiger partial charge in [-0.25, -0.2) is 4.98 Å². The Morgan fingerprint density at radius 1 is 1.03 bits per heavy atom. The molecule has 3 N–H and O–H groups in total. The molecule has 212 valence electrons. The number of alkyl halides is 3. The zero-order valence-electron chi connectivity index (χ0n) is 22.5. The summed E-state index contributed by atoms with van der Waals surface area (Å²) in [6.07, 6.45) is 0.951. The molecule has 1 aliphatic heterocycles. The molecule has 2 amide bonds. The third kappa shape index (κ3) is 7.37. The highest BCUT2D eigenvalue weighted by Gasteiger charge is 2.37. The van der Waals surface area contributed by atoms with Crippen molar-refractivity contribution in [3.05, 3.63) is 41.6 Å². The summed E-state index contributed by atoms with van der Waals surface area (Å²) in [7, 11) is 3.89. The minimum absolute atomic E-state index is 0.0140. The van der Waals surface area contributed by atoms with Crippen molar-refractivity contribution in [3.8, 4) is 0 Å². The second kappa shape index (κ2) is 12.2. The van der Waals surface area contributed by atoms with E-state index in [0.29, 0.717) is 24.1 Å². The van der Waals surface area contributed by atoms with Crippen LogP contribution in [0.15, 0.2) is 30.5 Å². The van der Waals surface area contributed by atoms with Crippen LogP contribution >= 0.6 is 0 Å². The summed E-state index contributed by atoms with van der Waals surface area (Å²) in [5.41, 5.74) is 0.0880. The largest absolute Gasteiger partial charge is 0.421 e. The van der Waals surface area contributed by atoms with Crippen molar-refractivity contribution >= 4 is 29.3 Å². The van der Waals surface area contributed by atoms with Crippen molar-refractivity contribution in [2.75, 3.05) is 37.8 Å². The van der Waals surface area contributed by atoms with Crippen LogP contribution in [0.5, 0.6) is 0 Å². The number of benzene rings is 1. The Bertz CT molecular complexity index is 1150. The molecule has 2 aliphatic rings. The predicted molar refractivity (Wildman–Crippen MR) is 143 cm³/mol. The Morgan fingerprint density at radius 3 is 2.28 bits per heavy atom. The first-order valence-corrected chi connectivity index (χ1v) is 13.3. The topological polar surface area (TPSA) is 102 Å². The molecule has 2 fully saturated rings. The molecule has 2 heterocycles. The maximum atomic E-state index is 13.8. The average molecular weight is 548 g/mol. The van der Waals surface area contributed by atoms with Gasteiger partial charge < -0.3 is 25.8 Å². The van der Waals surface area contributed by atoms with Crippen LogP contribution in [0.2, 0.25) is 0 Å². The molecule has 1 aromatic carbocycles. The number of piperidine rings is 1. The van der Waals surface area contributed by atoms with Crippen LogP contribution in [0.25, 0.3) is 0 Å². The number of amides is 2. The van der Waals surface area contributed by atoms with Gasteiger partial charge in [-0.05, 0) is 70.1 Å². The molecule has 9 nitrogen and oxygen atoms in total. The Hall–Kier alpha value is -3.41. The summed E-state index contributed by atoms with van der Waals surface area (Å²) in [6, 6.07) is 6.22. The summed E-state index contributed by atoms with van der Waals surface area (Å²) in [5.74, 6) is -0.655. The van der Waals surface area contributed by atoms with E-state index in [-0.39, 0.29) is 35.7 Å². The van der Waals surface area contributed by atoms with Crippen molar-refractivity contribution in [2.24, 2.45) is 0 Å². The molecule has 2 atom stereocenters. The smallest absolute Gasteiger partial charge is 0.365 e. The van der Waals surface area contributed by atoms with Gasteiger partial charge in [0.25, 0.3) is 5.91 Å². The van der Waals surface area contributed by atoms with Crippen LogP contribution < -0.4 is 16.0 Å². The van der Waals surface area contributed by atoms with E-state index in [1.54, 1.807) is 29.2 Å². The van der Waals surface area contributed by atoms with E-state index in [1.165, 1.54) is 6.92 Å². The van der Waals surface area contributed by atoms with E-state index in [0.717, 1.165) is 45.0 Å².